The Morgan fingerprint density at radius 3 is 2.69 bits per heavy atom. The Labute approximate surface area is 83.5 Å². The highest BCUT2D eigenvalue weighted by Gasteiger charge is 2.05. The second-order valence-electron chi connectivity index (χ2n) is 3.16. The lowest BCUT2D eigenvalue weighted by Crippen LogP contribution is -1.92. The summed E-state index contributed by atoms with van der Waals surface area (Å²) in [5.74, 6) is 0.780. The van der Waals surface area contributed by atoms with Crippen LogP contribution in [0.15, 0.2) is 24.4 Å². The molecule has 0 atom stereocenters. The van der Waals surface area contributed by atoms with E-state index < -0.39 is 0 Å². The molecule has 70 valence electrons. The Morgan fingerprint density at radius 1 is 1.69 bits per heavy atom. The van der Waals surface area contributed by atoms with E-state index >= 15 is 0 Å². The van der Waals surface area contributed by atoms with E-state index in [-0.39, 0.29) is 0 Å². The maximum atomic E-state index is 6.04. The molecule has 0 amide bonds. The summed E-state index contributed by atoms with van der Waals surface area (Å²) in [6.07, 6.45) is 3.74. The molecule has 2 nitrogen and oxygen atoms in total. The van der Waals surface area contributed by atoms with Gasteiger partial charge in [-0.1, -0.05) is 23.8 Å². The molecular weight excluding hydrogens is 184 g/mol. The van der Waals surface area contributed by atoms with Crippen molar-refractivity contribution in [3.05, 3.63) is 35.9 Å². The second kappa shape index (κ2) is 3.79. The number of allylic oxidation sites excluding steroid dienone is 2. The molecule has 0 aliphatic rings. The van der Waals surface area contributed by atoms with Crippen molar-refractivity contribution in [1.82, 2.24) is 9.55 Å². The van der Waals surface area contributed by atoms with Gasteiger partial charge in [-0.25, -0.2) is 4.98 Å². The van der Waals surface area contributed by atoms with Gasteiger partial charge in [0, 0.05) is 13.2 Å². The molecule has 3 heteroatoms. The minimum absolute atomic E-state index is 0.628. The molecule has 13 heavy (non-hydrogen) atoms. The van der Waals surface area contributed by atoms with Gasteiger partial charge in [-0.05, 0) is 19.9 Å². The third kappa shape index (κ3) is 2.46. The van der Waals surface area contributed by atoms with E-state index in [1.54, 1.807) is 0 Å². The number of imidazole rings is 1. The van der Waals surface area contributed by atoms with E-state index in [0.717, 1.165) is 17.1 Å². The molecule has 0 saturated heterocycles. The van der Waals surface area contributed by atoms with Crippen molar-refractivity contribution >= 4 is 16.6 Å². The van der Waals surface area contributed by atoms with Crippen molar-refractivity contribution in [2.24, 2.45) is 7.05 Å². The zero-order valence-corrected chi connectivity index (χ0v) is 8.89. The number of aromatic nitrogens is 2. The van der Waals surface area contributed by atoms with E-state index in [9.17, 15) is 0 Å². The van der Waals surface area contributed by atoms with Crippen molar-refractivity contribution in [2.75, 3.05) is 0 Å². The van der Waals surface area contributed by atoms with Crippen molar-refractivity contribution in [2.45, 2.75) is 13.8 Å². The zero-order chi connectivity index (χ0) is 10.0. The van der Waals surface area contributed by atoms with Crippen LogP contribution in [0, 0.1) is 6.92 Å². The van der Waals surface area contributed by atoms with Gasteiger partial charge >= 0.3 is 0 Å². The number of nitrogens with zero attached hydrogens (tertiary/aromatic N) is 2. The van der Waals surface area contributed by atoms with Crippen LogP contribution in [-0.4, -0.2) is 9.55 Å². The van der Waals surface area contributed by atoms with Crippen molar-refractivity contribution in [3.8, 4) is 0 Å². The van der Waals surface area contributed by atoms with E-state index in [0.29, 0.717) is 5.03 Å². The fourth-order valence-electron chi connectivity index (χ4n) is 1.12. The predicted octanol–water partition coefficient (Wildman–Crippen LogP) is 2.88. The van der Waals surface area contributed by atoms with Gasteiger partial charge < -0.3 is 4.57 Å². The van der Waals surface area contributed by atoms with Gasteiger partial charge in [0.15, 0.2) is 5.82 Å². The molecule has 0 radical (unpaired) electrons. The van der Waals surface area contributed by atoms with Crippen LogP contribution in [0.25, 0.3) is 5.03 Å². The van der Waals surface area contributed by atoms with Gasteiger partial charge in [0.2, 0.25) is 0 Å². The lowest BCUT2D eigenvalue weighted by molar-refractivity contribution is 0.895. The standard InChI is InChI=1S/C10H13ClN2/c1-7(2)5-9(11)10-12-8(3)6-13(10)4/h5-6H,1H2,2-4H3/b9-5+. The molecule has 1 aromatic rings. The predicted molar refractivity (Wildman–Crippen MR) is 56.6 cm³/mol. The molecule has 0 aliphatic carbocycles. The molecule has 0 fully saturated rings. The van der Waals surface area contributed by atoms with E-state index in [1.165, 1.54) is 0 Å². The van der Waals surface area contributed by atoms with Crippen LogP contribution in [0.1, 0.15) is 18.4 Å². The van der Waals surface area contributed by atoms with Crippen LogP contribution in [0.5, 0.6) is 0 Å². The van der Waals surface area contributed by atoms with Gasteiger partial charge in [0.1, 0.15) is 0 Å². The van der Waals surface area contributed by atoms with Crippen LogP contribution in [-0.2, 0) is 7.05 Å². The SMILES string of the molecule is C=C(C)/C=C(/Cl)c1nc(C)cn1C. The van der Waals surface area contributed by atoms with Crippen LogP contribution in [0.2, 0.25) is 0 Å². The second-order valence-corrected chi connectivity index (χ2v) is 3.56. The first kappa shape index (κ1) is 10.1. The Hall–Kier alpha value is -1.02. The molecule has 0 saturated carbocycles. The molecule has 0 spiro atoms. The monoisotopic (exact) mass is 196 g/mol. The van der Waals surface area contributed by atoms with Crippen LogP contribution >= 0.6 is 11.6 Å². The zero-order valence-electron chi connectivity index (χ0n) is 8.13. The summed E-state index contributed by atoms with van der Waals surface area (Å²) in [6.45, 7) is 7.60. The van der Waals surface area contributed by atoms with Crippen molar-refractivity contribution in [1.29, 1.82) is 0 Å². The first-order chi connectivity index (χ1) is 6.00. The topological polar surface area (TPSA) is 17.8 Å². The van der Waals surface area contributed by atoms with Gasteiger partial charge in [-0.15, -0.1) is 0 Å². The maximum Gasteiger partial charge on any atom is 0.151 e. The molecule has 0 aromatic carbocycles. The van der Waals surface area contributed by atoms with E-state index in [1.807, 2.05) is 37.7 Å². The Kier molecular flexibility index (Phi) is 2.94. The normalized spacial score (nSPS) is 11.8. The summed E-state index contributed by atoms with van der Waals surface area (Å²) in [7, 11) is 1.92. The Bertz CT molecular complexity index is 361. The summed E-state index contributed by atoms with van der Waals surface area (Å²) in [5, 5.41) is 0.628. The quantitative estimate of drug-likeness (QED) is 0.666. The minimum Gasteiger partial charge on any atom is -0.333 e. The van der Waals surface area contributed by atoms with Gasteiger partial charge in [-0.2, -0.15) is 0 Å². The first-order valence-corrected chi connectivity index (χ1v) is 4.41. The van der Waals surface area contributed by atoms with Gasteiger partial charge in [0.25, 0.3) is 0 Å². The average Bonchev–Trinajstić information content (AvgIpc) is 2.28. The largest absolute Gasteiger partial charge is 0.333 e. The number of halogens is 1. The molecule has 0 unspecified atom stereocenters. The Morgan fingerprint density at radius 2 is 2.31 bits per heavy atom. The molecular formula is C10H13ClN2. The van der Waals surface area contributed by atoms with E-state index in [2.05, 4.69) is 11.6 Å². The maximum absolute atomic E-state index is 6.04. The highest BCUT2D eigenvalue weighted by atomic mass is 35.5. The molecule has 0 aliphatic heterocycles. The smallest absolute Gasteiger partial charge is 0.151 e. The van der Waals surface area contributed by atoms with Crippen LogP contribution in [0.3, 0.4) is 0 Å². The summed E-state index contributed by atoms with van der Waals surface area (Å²) < 4.78 is 1.90. The van der Waals surface area contributed by atoms with Gasteiger partial charge in [-0.3, -0.25) is 0 Å². The van der Waals surface area contributed by atoms with Crippen molar-refractivity contribution < 1.29 is 0 Å². The van der Waals surface area contributed by atoms with Gasteiger partial charge in [0.05, 0.1) is 10.7 Å². The average molecular weight is 197 g/mol. The lowest BCUT2D eigenvalue weighted by atomic mass is 10.3. The summed E-state index contributed by atoms with van der Waals surface area (Å²) in [4.78, 5) is 4.28. The summed E-state index contributed by atoms with van der Waals surface area (Å²) in [5.41, 5.74) is 1.89. The van der Waals surface area contributed by atoms with Crippen LogP contribution in [0.4, 0.5) is 0 Å². The minimum atomic E-state index is 0.628. The summed E-state index contributed by atoms with van der Waals surface area (Å²) >= 11 is 6.04. The fourth-order valence-corrected chi connectivity index (χ4v) is 1.48. The third-order valence-corrected chi connectivity index (χ3v) is 1.86. The number of rotatable bonds is 2. The fraction of sp³-hybridized carbons (Fsp3) is 0.300. The molecule has 0 N–H and O–H groups in total. The number of aryl methyl sites for hydroxylation is 2. The molecule has 0 bridgehead atoms. The highest BCUT2D eigenvalue weighted by Crippen LogP contribution is 2.18. The highest BCUT2D eigenvalue weighted by molar-refractivity contribution is 6.48. The van der Waals surface area contributed by atoms with E-state index in [4.69, 9.17) is 11.6 Å². The Balaban J connectivity index is 3.08. The number of hydrogen-bond donors (Lipinski definition) is 0. The van der Waals surface area contributed by atoms with Crippen LogP contribution < -0.4 is 0 Å². The first-order valence-electron chi connectivity index (χ1n) is 4.03. The molecule has 1 aromatic heterocycles. The molecule has 1 heterocycles. The summed E-state index contributed by atoms with van der Waals surface area (Å²) in [6, 6.07) is 0. The third-order valence-electron chi connectivity index (χ3n) is 1.58. The lowest BCUT2D eigenvalue weighted by Gasteiger charge is -1.98. The molecule has 1 rings (SSSR count). The number of hydrogen-bond acceptors (Lipinski definition) is 1. The van der Waals surface area contributed by atoms with Crippen molar-refractivity contribution in [3.63, 3.8) is 0 Å².